The van der Waals surface area contributed by atoms with E-state index < -0.39 is 17.8 Å². The maximum Gasteiger partial charge on any atom is 0.307 e. The van der Waals surface area contributed by atoms with Crippen LogP contribution in [0.2, 0.25) is 0 Å². The number of carboxylic acids is 1. The highest BCUT2D eigenvalue weighted by Crippen LogP contribution is 2.27. The SMILES string of the molecule is O=C(NC1CC1)c1cccc(NC(=O)C2CC=CCC2C(=O)O)c1. The van der Waals surface area contributed by atoms with Crippen LogP contribution in [0.15, 0.2) is 36.4 Å². The van der Waals surface area contributed by atoms with Crippen molar-refractivity contribution in [2.45, 2.75) is 31.7 Å². The first kappa shape index (κ1) is 16.2. The van der Waals surface area contributed by atoms with Gasteiger partial charge in [-0.25, -0.2) is 0 Å². The van der Waals surface area contributed by atoms with Gasteiger partial charge >= 0.3 is 5.97 Å². The molecule has 0 aromatic heterocycles. The summed E-state index contributed by atoms with van der Waals surface area (Å²) in [5.74, 6) is -2.76. The Morgan fingerprint density at radius 2 is 1.75 bits per heavy atom. The number of nitrogens with one attached hydrogen (secondary N) is 2. The highest BCUT2D eigenvalue weighted by molar-refractivity contribution is 5.98. The molecule has 0 bridgehead atoms. The molecule has 2 unspecified atom stereocenters. The number of carbonyl (C=O) groups excluding carboxylic acids is 2. The number of aliphatic carboxylic acids is 1. The average molecular weight is 328 g/mol. The Kier molecular flexibility index (Phi) is 4.64. The third-order valence-electron chi connectivity index (χ3n) is 4.39. The van der Waals surface area contributed by atoms with Gasteiger partial charge in [0.25, 0.3) is 5.91 Å². The van der Waals surface area contributed by atoms with E-state index in [1.807, 2.05) is 6.08 Å². The summed E-state index contributed by atoms with van der Waals surface area (Å²) in [6.07, 6.45) is 6.42. The topological polar surface area (TPSA) is 95.5 Å². The second-order valence-electron chi connectivity index (χ2n) is 6.31. The number of allylic oxidation sites excluding steroid dienone is 2. The molecule has 2 amide bonds. The van der Waals surface area contributed by atoms with Crippen LogP contribution >= 0.6 is 0 Å². The molecule has 3 N–H and O–H groups in total. The van der Waals surface area contributed by atoms with Crippen LogP contribution in [0.3, 0.4) is 0 Å². The molecule has 0 heterocycles. The van der Waals surface area contributed by atoms with Gasteiger partial charge < -0.3 is 15.7 Å². The molecule has 24 heavy (non-hydrogen) atoms. The van der Waals surface area contributed by atoms with Gasteiger partial charge in [-0.1, -0.05) is 18.2 Å². The van der Waals surface area contributed by atoms with Crippen LogP contribution in [0, 0.1) is 11.8 Å². The zero-order valence-corrected chi connectivity index (χ0v) is 13.2. The van der Waals surface area contributed by atoms with Crippen molar-refractivity contribution in [1.82, 2.24) is 5.32 Å². The van der Waals surface area contributed by atoms with Crippen LogP contribution in [0.25, 0.3) is 0 Å². The highest BCUT2D eigenvalue weighted by atomic mass is 16.4. The number of hydrogen-bond acceptors (Lipinski definition) is 3. The summed E-state index contributed by atoms with van der Waals surface area (Å²) in [5.41, 5.74) is 0.986. The first-order chi connectivity index (χ1) is 11.5. The van der Waals surface area contributed by atoms with Crippen LogP contribution in [-0.2, 0) is 9.59 Å². The minimum absolute atomic E-state index is 0.155. The lowest BCUT2D eigenvalue weighted by Crippen LogP contribution is -2.34. The van der Waals surface area contributed by atoms with Crippen molar-refractivity contribution in [2.75, 3.05) is 5.32 Å². The molecular weight excluding hydrogens is 308 g/mol. The lowest BCUT2D eigenvalue weighted by molar-refractivity contribution is -0.146. The Balaban J connectivity index is 1.68. The molecule has 0 radical (unpaired) electrons. The fourth-order valence-corrected chi connectivity index (χ4v) is 2.85. The molecule has 0 spiro atoms. The van der Waals surface area contributed by atoms with Crippen molar-refractivity contribution in [3.8, 4) is 0 Å². The monoisotopic (exact) mass is 328 g/mol. The second kappa shape index (κ2) is 6.86. The zero-order valence-electron chi connectivity index (χ0n) is 13.2. The molecule has 0 saturated heterocycles. The minimum atomic E-state index is -0.961. The zero-order chi connectivity index (χ0) is 17.1. The summed E-state index contributed by atoms with van der Waals surface area (Å²) in [6.45, 7) is 0. The van der Waals surface area contributed by atoms with E-state index in [9.17, 15) is 19.5 Å². The van der Waals surface area contributed by atoms with Crippen molar-refractivity contribution in [1.29, 1.82) is 0 Å². The van der Waals surface area contributed by atoms with Gasteiger partial charge in [-0.2, -0.15) is 0 Å². The van der Waals surface area contributed by atoms with Crippen molar-refractivity contribution < 1.29 is 19.5 Å². The van der Waals surface area contributed by atoms with Crippen LogP contribution in [0.4, 0.5) is 5.69 Å². The van der Waals surface area contributed by atoms with E-state index >= 15 is 0 Å². The summed E-state index contributed by atoms with van der Waals surface area (Å²) in [7, 11) is 0. The van der Waals surface area contributed by atoms with Crippen LogP contribution in [-0.4, -0.2) is 28.9 Å². The maximum atomic E-state index is 12.4. The molecule has 1 fully saturated rings. The Morgan fingerprint density at radius 1 is 1.04 bits per heavy atom. The van der Waals surface area contributed by atoms with E-state index in [1.165, 1.54) is 0 Å². The molecule has 1 aromatic carbocycles. The summed E-state index contributed by atoms with van der Waals surface area (Å²) >= 11 is 0. The first-order valence-corrected chi connectivity index (χ1v) is 8.14. The van der Waals surface area contributed by atoms with E-state index in [1.54, 1.807) is 30.3 Å². The van der Waals surface area contributed by atoms with E-state index in [0.29, 0.717) is 24.1 Å². The van der Waals surface area contributed by atoms with Crippen molar-refractivity contribution in [3.05, 3.63) is 42.0 Å². The van der Waals surface area contributed by atoms with Crippen LogP contribution in [0.1, 0.15) is 36.0 Å². The van der Waals surface area contributed by atoms with Crippen LogP contribution < -0.4 is 10.6 Å². The van der Waals surface area contributed by atoms with Crippen molar-refractivity contribution in [3.63, 3.8) is 0 Å². The number of hydrogen-bond donors (Lipinski definition) is 3. The van der Waals surface area contributed by atoms with Gasteiger partial charge in [0.05, 0.1) is 11.8 Å². The third kappa shape index (κ3) is 3.82. The molecule has 6 heteroatoms. The summed E-state index contributed by atoms with van der Waals surface area (Å²) in [5, 5.41) is 14.9. The molecule has 2 aliphatic carbocycles. The van der Waals surface area contributed by atoms with E-state index in [4.69, 9.17) is 0 Å². The summed E-state index contributed by atoms with van der Waals surface area (Å²) < 4.78 is 0. The fraction of sp³-hybridized carbons (Fsp3) is 0.389. The fourth-order valence-electron chi connectivity index (χ4n) is 2.85. The molecule has 0 aliphatic heterocycles. The van der Waals surface area contributed by atoms with E-state index in [0.717, 1.165) is 12.8 Å². The maximum absolute atomic E-state index is 12.4. The molecule has 126 valence electrons. The van der Waals surface area contributed by atoms with E-state index in [2.05, 4.69) is 10.6 Å². The number of anilines is 1. The number of rotatable bonds is 5. The molecule has 2 atom stereocenters. The predicted molar refractivity (Wildman–Crippen MR) is 88.5 cm³/mol. The van der Waals surface area contributed by atoms with Gasteiger partial charge in [0.2, 0.25) is 5.91 Å². The van der Waals surface area contributed by atoms with Gasteiger partial charge in [0, 0.05) is 17.3 Å². The minimum Gasteiger partial charge on any atom is -0.481 e. The van der Waals surface area contributed by atoms with Crippen LogP contribution in [0.5, 0.6) is 0 Å². The Bertz CT molecular complexity index is 694. The molecule has 3 rings (SSSR count). The number of carboxylic acid groups (broad SMARTS) is 1. The lowest BCUT2D eigenvalue weighted by atomic mass is 9.82. The summed E-state index contributed by atoms with van der Waals surface area (Å²) in [6, 6.07) is 6.97. The van der Waals surface area contributed by atoms with E-state index in [-0.39, 0.29) is 17.9 Å². The van der Waals surface area contributed by atoms with Gasteiger partial charge in [0.1, 0.15) is 0 Å². The Hall–Kier alpha value is -2.63. The Labute approximate surface area is 139 Å². The normalized spacial score (nSPS) is 22.7. The first-order valence-electron chi connectivity index (χ1n) is 8.14. The predicted octanol–water partition coefficient (Wildman–Crippen LogP) is 2.18. The Morgan fingerprint density at radius 3 is 2.42 bits per heavy atom. The smallest absolute Gasteiger partial charge is 0.307 e. The van der Waals surface area contributed by atoms with Gasteiger partial charge in [-0.3, -0.25) is 14.4 Å². The second-order valence-corrected chi connectivity index (χ2v) is 6.31. The molecule has 2 aliphatic rings. The van der Waals surface area contributed by atoms with Gasteiger partial charge in [-0.05, 0) is 43.9 Å². The molecule has 1 saturated carbocycles. The third-order valence-corrected chi connectivity index (χ3v) is 4.39. The number of amides is 2. The van der Waals surface area contributed by atoms with Gasteiger partial charge in [-0.15, -0.1) is 0 Å². The molecule has 6 nitrogen and oxygen atoms in total. The van der Waals surface area contributed by atoms with Crippen molar-refractivity contribution in [2.24, 2.45) is 11.8 Å². The number of carbonyl (C=O) groups is 3. The average Bonchev–Trinajstić information content (AvgIpc) is 3.39. The molecular formula is C18H20N2O4. The van der Waals surface area contributed by atoms with Gasteiger partial charge in [0.15, 0.2) is 0 Å². The quantitative estimate of drug-likeness (QED) is 0.722. The number of benzene rings is 1. The highest BCUT2D eigenvalue weighted by Gasteiger charge is 2.34. The lowest BCUT2D eigenvalue weighted by Gasteiger charge is -2.24. The van der Waals surface area contributed by atoms with Crippen molar-refractivity contribution >= 4 is 23.5 Å². The molecule has 1 aromatic rings. The summed E-state index contributed by atoms with van der Waals surface area (Å²) in [4.78, 5) is 35.8. The largest absolute Gasteiger partial charge is 0.481 e. The standard InChI is InChI=1S/C18H20N2O4/c21-16(19-12-8-9-12)11-4-3-5-13(10-11)20-17(22)14-6-1-2-7-15(14)18(23)24/h1-5,10,12,14-15H,6-9H2,(H,19,21)(H,20,22)(H,23,24).